The van der Waals surface area contributed by atoms with E-state index in [1.54, 1.807) is 12.3 Å². The van der Waals surface area contributed by atoms with Crippen LogP contribution in [0.2, 0.25) is 0 Å². The lowest BCUT2D eigenvalue weighted by Crippen LogP contribution is -2.10. The van der Waals surface area contributed by atoms with Crippen LogP contribution in [-0.4, -0.2) is 30.8 Å². The number of aromatic nitrogens is 1. The first kappa shape index (κ1) is 15.0. The Kier molecular flexibility index (Phi) is 4.87. The molecule has 5 heteroatoms. The van der Waals surface area contributed by atoms with Gasteiger partial charge in [-0.2, -0.15) is 0 Å². The van der Waals surface area contributed by atoms with E-state index in [4.69, 9.17) is 4.74 Å². The summed E-state index contributed by atoms with van der Waals surface area (Å²) in [7, 11) is 3.90. The van der Waals surface area contributed by atoms with Gasteiger partial charge in [-0.05, 0) is 25.1 Å². The van der Waals surface area contributed by atoms with E-state index < -0.39 is 0 Å². The second-order valence-corrected chi connectivity index (χ2v) is 4.85. The highest BCUT2D eigenvalue weighted by atomic mass is 16.5. The molecule has 112 valence electrons. The summed E-state index contributed by atoms with van der Waals surface area (Å²) >= 11 is 0. The Morgan fingerprint density at radius 2 is 2.05 bits per heavy atom. The number of pyridine rings is 1. The van der Waals surface area contributed by atoms with Gasteiger partial charge in [0.15, 0.2) is 11.5 Å². The first-order valence-electron chi connectivity index (χ1n) is 6.92. The first-order chi connectivity index (χ1) is 10.1. The number of rotatable bonds is 6. The van der Waals surface area contributed by atoms with Gasteiger partial charge in [-0.1, -0.05) is 12.1 Å². The molecule has 1 heterocycles. The van der Waals surface area contributed by atoms with Crippen LogP contribution in [0.4, 0.5) is 11.5 Å². The number of benzene rings is 1. The molecule has 0 atom stereocenters. The summed E-state index contributed by atoms with van der Waals surface area (Å²) in [6.07, 6.45) is 1.78. The summed E-state index contributed by atoms with van der Waals surface area (Å²) in [6.45, 7) is 2.93. The third-order valence-electron chi connectivity index (χ3n) is 3.07. The van der Waals surface area contributed by atoms with Crippen molar-refractivity contribution < 1.29 is 9.84 Å². The minimum absolute atomic E-state index is 0.185. The van der Waals surface area contributed by atoms with Crippen molar-refractivity contribution >= 4 is 11.5 Å². The first-order valence-corrected chi connectivity index (χ1v) is 6.92. The normalized spacial score (nSPS) is 10.2. The van der Waals surface area contributed by atoms with Gasteiger partial charge in [0.05, 0.1) is 18.5 Å². The predicted octanol–water partition coefficient (Wildman–Crippen LogP) is 2.86. The van der Waals surface area contributed by atoms with E-state index in [0.717, 1.165) is 17.1 Å². The van der Waals surface area contributed by atoms with Crippen LogP contribution in [-0.2, 0) is 6.54 Å². The molecule has 0 spiro atoms. The molecule has 0 radical (unpaired) electrons. The SMILES string of the molecule is CCOc1cccc(CNc2ccc(N(C)C)nc2)c1O. The van der Waals surface area contributed by atoms with E-state index in [1.807, 2.05) is 50.2 Å². The lowest BCUT2D eigenvalue weighted by molar-refractivity contribution is 0.317. The molecule has 0 amide bonds. The summed E-state index contributed by atoms with van der Waals surface area (Å²) in [6, 6.07) is 9.40. The molecule has 0 saturated carbocycles. The van der Waals surface area contributed by atoms with E-state index >= 15 is 0 Å². The van der Waals surface area contributed by atoms with Gasteiger partial charge >= 0.3 is 0 Å². The molecule has 0 bridgehead atoms. The molecule has 1 aromatic heterocycles. The Labute approximate surface area is 125 Å². The summed E-state index contributed by atoms with van der Waals surface area (Å²) in [5, 5.41) is 13.4. The monoisotopic (exact) mass is 287 g/mol. The van der Waals surface area contributed by atoms with Crippen molar-refractivity contribution in [2.24, 2.45) is 0 Å². The number of hydrogen-bond acceptors (Lipinski definition) is 5. The van der Waals surface area contributed by atoms with Crippen LogP contribution in [0.5, 0.6) is 11.5 Å². The lowest BCUT2D eigenvalue weighted by Gasteiger charge is -2.13. The number of ether oxygens (including phenoxy) is 1. The summed E-state index contributed by atoms with van der Waals surface area (Å²) < 4.78 is 5.38. The van der Waals surface area contributed by atoms with Gasteiger partial charge in [0.25, 0.3) is 0 Å². The maximum absolute atomic E-state index is 10.1. The maximum atomic E-state index is 10.1. The van der Waals surface area contributed by atoms with Crippen molar-refractivity contribution in [1.82, 2.24) is 4.98 Å². The number of aromatic hydroxyl groups is 1. The Morgan fingerprint density at radius 3 is 2.67 bits per heavy atom. The van der Waals surface area contributed by atoms with E-state index in [1.165, 1.54) is 0 Å². The molecule has 0 unspecified atom stereocenters. The number of anilines is 2. The third kappa shape index (κ3) is 3.78. The van der Waals surface area contributed by atoms with E-state index in [2.05, 4.69) is 10.3 Å². The minimum Gasteiger partial charge on any atom is -0.504 e. The fourth-order valence-corrected chi connectivity index (χ4v) is 1.93. The molecule has 2 N–H and O–H groups in total. The Hall–Kier alpha value is -2.43. The van der Waals surface area contributed by atoms with Crippen LogP contribution in [0.3, 0.4) is 0 Å². The average molecular weight is 287 g/mol. The van der Waals surface area contributed by atoms with Gasteiger partial charge in [0.1, 0.15) is 5.82 Å². The van der Waals surface area contributed by atoms with Crippen LogP contribution >= 0.6 is 0 Å². The molecular weight excluding hydrogens is 266 g/mol. The van der Waals surface area contributed by atoms with Crippen LogP contribution in [0, 0.1) is 0 Å². The predicted molar refractivity (Wildman–Crippen MR) is 85.2 cm³/mol. The molecule has 21 heavy (non-hydrogen) atoms. The number of nitrogens with zero attached hydrogens (tertiary/aromatic N) is 2. The molecular formula is C16H21N3O2. The summed E-state index contributed by atoms with van der Waals surface area (Å²) in [5.41, 5.74) is 1.69. The zero-order valence-electron chi connectivity index (χ0n) is 12.6. The van der Waals surface area contributed by atoms with Crippen LogP contribution in [0.15, 0.2) is 36.5 Å². The second kappa shape index (κ2) is 6.83. The molecule has 0 aliphatic heterocycles. The lowest BCUT2D eigenvalue weighted by atomic mass is 10.2. The Balaban J connectivity index is 2.04. The molecule has 0 aliphatic rings. The second-order valence-electron chi connectivity index (χ2n) is 4.85. The number of phenolic OH excluding ortho intramolecular Hbond substituents is 1. The van der Waals surface area contributed by atoms with Gasteiger partial charge < -0.3 is 20.1 Å². The Morgan fingerprint density at radius 1 is 1.24 bits per heavy atom. The summed E-state index contributed by atoms with van der Waals surface area (Å²) in [5.74, 6) is 1.60. The standard InChI is InChI=1S/C16H21N3O2/c1-4-21-14-7-5-6-12(16(14)20)10-17-13-8-9-15(18-11-13)19(2)3/h5-9,11,17,20H,4,10H2,1-3H3. The highest BCUT2D eigenvalue weighted by Crippen LogP contribution is 2.30. The molecule has 0 fully saturated rings. The third-order valence-corrected chi connectivity index (χ3v) is 3.07. The zero-order valence-corrected chi connectivity index (χ0v) is 12.6. The fraction of sp³-hybridized carbons (Fsp3) is 0.312. The molecule has 5 nitrogen and oxygen atoms in total. The van der Waals surface area contributed by atoms with Gasteiger partial charge in [-0.3, -0.25) is 0 Å². The summed E-state index contributed by atoms with van der Waals surface area (Å²) in [4.78, 5) is 6.28. The van der Waals surface area contributed by atoms with E-state index in [9.17, 15) is 5.11 Å². The van der Waals surface area contributed by atoms with Crippen LogP contribution < -0.4 is 15.0 Å². The number of nitrogens with one attached hydrogen (secondary N) is 1. The molecule has 2 rings (SSSR count). The van der Waals surface area contributed by atoms with Crippen LogP contribution in [0.25, 0.3) is 0 Å². The largest absolute Gasteiger partial charge is 0.504 e. The van der Waals surface area contributed by atoms with E-state index in [-0.39, 0.29) is 5.75 Å². The van der Waals surface area contributed by atoms with Crippen molar-refractivity contribution in [2.45, 2.75) is 13.5 Å². The zero-order chi connectivity index (χ0) is 15.2. The highest BCUT2D eigenvalue weighted by molar-refractivity contribution is 5.51. The van der Waals surface area contributed by atoms with Gasteiger partial charge in [0.2, 0.25) is 0 Å². The molecule has 0 saturated heterocycles. The number of para-hydroxylation sites is 1. The van der Waals surface area contributed by atoms with Crippen LogP contribution in [0.1, 0.15) is 12.5 Å². The fourth-order valence-electron chi connectivity index (χ4n) is 1.93. The van der Waals surface area contributed by atoms with Crippen molar-refractivity contribution in [1.29, 1.82) is 0 Å². The van der Waals surface area contributed by atoms with Crippen molar-refractivity contribution in [3.63, 3.8) is 0 Å². The Bertz CT molecular complexity index is 583. The maximum Gasteiger partial charge on any atom is 0.162 e. The van der Waals surface area contributed by atoms with Crippen molar-refractivity contribution in [3.05, 3.63) is 42.1 Å². The number of phenols is 1. The molecule has 0 aliphatic carbocycles. The van der Waals surface area contributed by atoms with Crippen molar-refractivity contribution in [2.75, 3.05) is 30.9 Å². The molecule has 1 aromatic carbocycles. The topological polar surface area (TPSA) is 57.6 Å². The average Bonchev–Trinajstić information content (AvgIpc) is 2.49. The van der Waals surface area contributed by atoms with Crippen molar-refractivity contribution in [3.8, 4) is 11.5 Å². The van der Waals surface area contributed by atoms with Gasteiger partial charge in [-0.25, -0.2) is 4.98 Å². The van der Waals surface area contributed by atoms with Gasteiger partial charge in [0, 0.05) is 26.2 Å². The molecule has 2 aromatic rings. The quantitative estimate of drug-likeness (QED) is 0.855. The minimum atomic E-state index is 0.185. The van der Waals surface area contributed by atoms with Gasteiger partial charge in [-0.15, -0.1) is 0 Å². The van der Waals surface area contributed by atoms with E-state index in [0.29, 0.717) is 18.9 Å². The smallest absolute Gasteiger partial charge is 0.162 e. The highest BCUT2D eigenvalue weighted by Gasteiger charge is 2.07. The number of hydrogen-bond donors (Lipinski definition) is 2.